The summed E-state index contributed by atoms with van der Waals surface area (Å²) < 4.78 is 0. The third kappa shape index (κ3) is 16.5. The van der Waals surface area contributed by atoms with Crippen molar-refractivity contribution in [3.63, 3.8) is 0 Å². The molecule has 0 aromatic rings. The summed E-state index contributed by atoms with van der Waals surface area (Å²) in [6, 6.07) is 0. The number of nitrogens with zero attached hydrogens (tertiary/aromatic N) is 6. The lowest BCUT2D eigenvalue weighted by Gasteiger charge is -2.44. The van der Waals surface area contributed by atoms with Crippen LogP contribution in [0.2, 0.25) is 0 Å². The molecule has 0 saturated carbocycles. The highest BCUT2D eigenvalue weighted by atomic mass is 16.5. The fourth-order valence-corrected chi connectivity index (χ4v) is 2.45. The van der Waals surface area contributed by atoms with E-state index in [4.69, 9.17) is 10.2 Å². The monoisotopic (exact) mass is 352 g/mol. The van der Waals surface area contributed by atoms with E-state index in [1.807, 2.05) is 0 Å². The molecule has 148 valence electrons. The quantitative estimate of drug-likeness (QED) is 0.372. The Morgan fingerprint density at radius 2 is 0.833 bits per heavy atom. The smallest absolute Gasteiger partial charge is 0.140 e. The van der Waals surface area contributed by atoms with E-state index in [1.165, 1.54) is 0 Å². The van der Waals surface area contributed by atoms with E-state index in [1.54, 1.807) is 0 Å². The molecule has 10 nitrogen and oxygen atoms in total. The predicted molar refractivity (Wildman–Crippen MR) is 98.3 cm³/mol. The van der Waals surface area contributed by atoms with Gasteiger partial charge in [-0.15, -0.1) is 0 Å². The van der Waals surface area contributed by atoms with Gasteiger partial charge in [0.2, 0.25) is 0 Å². The summed E-state index contributed by atoms with van der Waals surface area (Å²) in [5, 5.41) is 14.2. The van der Waals surface area contributed by atoms with E-state index >= 15 is 0 Å². The van der Waals surface area contributed by atoms with Crippen LogP contribution in [0.3, 0.4) is 0 Å². The second kappa shape index (κ2) is 16.1. The Morgan fingerprint density at radius 1 is 0.667 bits per heavy atom. The molecule has 24 heavy (non-hydrogen) atoms. The lowest BCUT2D eigenvalue weighted by atomic mass is 10.5. The molecule has 0 radical (unpaired) electrons. The van der Waals surface area contributed by atoms with Crippen LogP contribution in [-0.4, -0.2) is 135 Å². The topological polar surface area (TPSA) is 112 Å². The summed E-state index contributed by atoms with van der Waals surface area (Å²) in [6.07, 6.45) is 0. The van der Waals surface area contributed by atoms with Gasteiger partial charge in [-0.1, -0.05) is 0 Å². The molecule has 1 fully saturated rings. The molecular weight excluding hydrogens is 312 g/mol. The highest BCUT2D eigenvalue weighted by Gasteiger charge is 2.23. The van der Waals surface area contributed by atoms with Crippen LogP contribution in [0.5, 0.6) is 0 Å². The predicted octanol–water partition coefficient (Wildman–Crippen LogP) is -2.87. The van der Waals surface area contributed by atoms with Crippen LogP contribution in [0.15, 0.2) is 0 Å². The van der Waals surface area contributed by atoms with Gasteiger partial charge in [-0.25, -0.2) is 0 Å². The fourth-order valence-electron chi connectivity index (χ4n) is 2.45. The lowest BCUT2D eigenvalue weighted by molar-refractivity contribution is -0.0740. The molecule has 0 atom stereocenters. The second-order valence-electron chi connectivity index (χ2n) is 6.48. The molecule has 0 unspecified atom stereocenters. The molecule has 0 aliphatic carbocycles. The average Bonchev–Trinajstić information content (AvgIpc) is 2.37. The van der Waals surface area contributed by atoms with Crippen molar-refractivity contribution in [3.8, 4) is 0 Å². The van der Waals surface area contributed by atoms with E-state index < -0.39 is 6.79 Å². The van der Waals surface area contributed by atoms with Crippen LogP contribution in [0, 0.1) is 0 Å². The average molecular weight is 353 g/mol. The summed E-state index contributed by atoms with van der Waals surface area (Å²) in [5.74, 6) is 0. The van der Waals surface area contributed by atoms with E-state index in [2.05, 4.69) is 83.2 Å². The standard InChI is InChI=1S/C12H30N6.CH6N2.CH4O2/c1-13(2)7-16-10-17(8-14(3)4)12-18(11-16)9-15(5)6;2*2-1-3/h7-12H2,1-6H3;1-3H2;2-3H,1H2. The molecule has 6 N–H and O–H groups in total. The number of aliphatic hydroxyl groups is 2. The van der Waals surface area contributed by atoms with Crippen LogP contribution in [0.4, 0.5) is 0 Å². The Bertz CT molecular complexity index is 223. The Hall–Kier alpha value is -0.400. The van der Waals surface area contributed by atoms with Gasteiger partial charge in [0.15, 0.2) is 0 Å². The maximum atomic E-state index is 7.12. The summed E-state index contributed by atoms with van der Waals surface area (Å²) in [5.41, 5.74) is 9.25. The second-order valence-corrected chi connectivity index (χ2v) is 6.48. The van der Waals surface area contributed by atoms with Crippen molar-refractivity contribution < 1.29 is 10.2 Å². The van der Waals surface area contributed by atoms with Gasteiger partial charge in [-0.05, 0) is 42.3 Å². The Balaban J connectivity index is 0. The van der Waals surface area contributed by atoms with Crippen LogP contribution in [0.25, 0.3) is 0 Å². The molecule has 10 heteroatoms. The van der Waals surface area contributed by atoms with Crippen LogP contribution < -0.4 is 11.5 Å². The Kier molecular flexibility index (Phi) is 17.3. The maximum absolute atomic E-state index is 7.12. The molecule has 0 spiro atoms. The first-order valence-electron chi connectivity index (χ1n) is 7.93. The van der Waals surface area contributed by atoms with Crippen molar-refractivity contribution in [1.29, 1.82) is 0 Å². The van der Waals surface area contributed by atoms with E-state index in [0.29, 0.717) is 0 Å². The van der Waals surface area contributed by atoms with Crippen molar-refractivity contribution in [2.45, 2.75) is 0 Å². The van der Waals surface area contributed by atoms with E-state index in [0.717, 1.165) is 40.0 Å². The zero-order valence-electron chi connectivity index (χ0n) is 16.4. The third-order valence-electron chi connectivity index (χ3n) is 2.65. The van der Waals surface area contributed by atoms with Gasteiger partial charge in [0.1, 0.15) is 6.79 Å². The molecule has 1 aliphatic rings. The molecule has 0 aromatic carbocycles. The van der Waals surface area contributed by atoms with Gasteiger partial charge in [-0.2, -0.15) is 0 Å². The SMILES string of the molecule is CN(C)CN1CN(CN(C)C)CN(CN(C)C)C1.NCN.OCO. The molecule has 1 saturated heterocycles. The summed E-state index contributed by atoms with van der Waals surface area (Å²) in [6.45, 7) is 5.65. The fraction of sp³-hybridized carbons (Fsp3) is 1.00. The highest BCUT2D eigenvalue weighted by Crippen LogP contribution is 2.08. The van der Waals surface area contributed by atoms with Gasteiger partial charge in [-0.3, -0.25) is 29.4 Å². The normalized spacial score (nSPS) is 16.9. The Morgan fingerprint density at radius 3 is 0.958 bits per heavy atom. The number of nitrogens with two attached hydrogens (primary N) is 2. The first-order chi connectivity index (χ1) is 11.2. The van der Waals surface area contributed by atoms with Crippen molar-refractivity contribution in [2.75, 3.05) is 95.8 Å². The van der Waals surface area contributed by atoms with Crippen LogP contribution in [-0.2, 0) is 0 Å². The lowest BCUT2D eigenvalue weighted by Crippen LogP contribution is -2.59. The molecule has 0 amide bonds. The van der Waals surface area contributed by atoms with Crippen molar-refractivity contribution in [2.24, 2.45) is 11.5 Å². The van der Waals surface area contributed by atoms with Gasteiger partial charge in [0.25, 0.3) is 0 Å². The largest absolute Gasteiger partial charge is 0.371 e. The molecule has 1 aliphatic heterocycles. The molecular formula is C14H40N8O2. The van der Waals surface area contributed by atoms with Gasteiger partial charge >= 0.3 is 0 Å². The number of rotatable bonds is 6. The molecule has 0 bridgehead atoms. The van der Waals surface area contributed by atoms with E-state index in [-0.39, 0.29) is 6.67 Å². The van der Waals surface area contributed by atoms with Crippen molar-refractivity contribution >= 4 is 0 Å². The maximum Gasteiger partial charge on any atom is 0.140 e. The van der Waals surface area contributed by atoms with E-state index in [9.17, 15) is 0 Å². The third-order valence-corrected chi connectivity index (χ3v) is 2.65. The minimum absolute atomic E-state index is 0.250. The Labute approximate surface area is 147 Å². The molecule has 0 aromatic heterocycles. The zero-order valence-corrected chi connectivity index (χ0v) is 16.4. The first-order valence-corrected chi connectivity index (χ1v) is 7.93. The minimum atomic E-state index is -0.750. The summed E-state index contributed by atoms with van der Waals surface area (Å²) >= 11 is 0. The van der Waals surface area contributed by atoms with Crippen LogP contribution in [0.1, 0.15) is 0 Å². The van der Waals surface area contributed by atoms with Gasteiger partial charge < -0.3 is 21.7 Å². The van der Waals surface area contributed by atoms with Gasteiger partial charge in [0, 0.05) is 6.67 Å². The zero-order chi connectivity index (χ0) is 19.1. The molecule has 1 rings (SSSR count). The number of aliphatic hydroxyl groups excluding tert-OH is 1. The highest BCUT2D eigenvalue weighted by molar-refractivity contribution is 4.68. The van der Waals surface area contributed by atoms with Crippen molar-refractivity contribution in [3.05, 3.63) is 0 Å². The van der Waals surface area contributed by atoms with Crippen LogP contribution >= 0.6 is 0 Å². The van der Waals surface area contributed by atoms with Gasteiger partial charge in [0.05, 0.1) is 40.0 Å². The first kappa shape index (κ1) is 25.8. The minimum Gasteiger partial charge on any atom is -0.371 e. The number of hydrogen-bond acceptors (Lipinski definition) is 10. The summed E-state index contributed by atoms with van der Waals surface area (Å²) in [4.78, 5) is 14.1. The number of hydrogen-bond donors (Lipinski definition) is 4. The van der Waals surface area contributed by atoms with Crippen molar-refractivity contribution in [1.82, 2.24) is 29.4 Å². The molecule has 1 heterocycles. The summed E-state index contributed by atoms with van der Waals surface area (Å²) in [7, 11) is 12.8.